The van der Waals surface area contributed by atoms with E-state index in [4.69, 9.17) is 4.74 Å². The van der Waals surface area contributed by atoms with Gasteiger partial charge in [0.1, 0.15) is 0 Å². The molecule has 4 aromatic rings. The summed E-state index contributed by atoms with van der Waals surface area (Å²) < 4.78 is 6.87. The fraction of sp³-hybridized carbons (Fsp3) is 0.148. The summed E-state index contributed by atoms with van der Waals surface area (Å²) in [6.45, 7) is 6.17. The Balaban J connectivity index is 1.77. The molecule has 0 unspecified atom stereocenters. The third kappa shape index (κ3) is 4.55. The summed E-state index contributed by atoms with van der Waals surface area (Å²) in [5, 5.41) is 6.75. The standard InChI is InChI=1S/C27H25N3O3/c1-4-16-29(3)26(31)20-12-14-23(15-13-20)30-25(18-24(28-30)27(32)33-5-2)22-11-10-19-8-6-7-9-21(19)17-22/h4,6-15,17-18H,1,5,16H2,2-3H3. The van der Waals surface area contributed by atoms with Crippen molar-refractivity contribution in [1.29, 1.82) is 0 Å². The number of hydrogen-bond acceptors (Lipinski definition) is 4. The number of rotatable bonds is 7. The molecule has 1 heterocycles. The molecule has 4 rings (SSSR count). The summed E-state index contributed by atoms with van der Waals surface area (Å²) in [6.07, 6.45) is 1.68. The first-order chi connectivity index (χ1) is 16.0. The van der Waals surface area contributed by atoms with Crippen molar-refractivity contribution >= 4 is 22.6 Å². The quantitative estimate of drug-likeness (QED) is 0.296. The van der Waals surface area contributed by atoms with Crippen molar-refractivity contribution < 1.29 is 14.3 Å². The molecule has 33 heavy (non-hydrogen) atoms. The Kier molecular flexibility index (Phi) is 6.36. The van der Waals surface area contributed by atoms with Gasteiger partial charge in [-0.15, -0.1) is 6.58 Å². The van der Waals surface area contributed by atoms with Gasteiger partial charge in [0.15, 0.2) is 5.69 Å². The van der Waals surface area contributed by atoms with Crippen molar-refractivity contribution in [3.63, 3.8) is 0 Å². The smallest absolute Gasteiger partial charge is 0.358 e. The van der Waals surface area contributed by atoms with Gasteiger partial charge in [-0.05, 0) is 54.1 Å². The summed E-state index contributed by atoms with van der Waals surface area (Å²) in [7, 11) is 1.73. The minimum atomic E-state index is -0.476. The Labute approximate surface area is 192 Å². The Morgan fingerprint density at radius 1 is 1.03 bits per heavy atom. The fourth-order valence-corrected chi connectivity index (χ4v) is 3.68. The highest BCUT2D eigenvalue weighted by atomic mass is 16.5. The van der Waals surface area contributed by atoms with Gasteiger partial charge < -0.3 is 9.64 Å². The van der Waals surface area contributed by atoms with Gasteiger partial charge in [-0.3, -0.25) is 4.79 Å². The minimum Gasteiger partial charge on any atom is -0.461 e. The maximum Gasteiger partial charge on any atom is 0.358 e. The maximum absolute atomic E-state index is 12.6. The van der Waals surface area contributed by atoms with E-state index in [1.165, 1.54) is 0 Å². The first kappa shape index (κ1) is 22.0. The summed E-state index contributed by atoms with van der Waals surface area (Å²) in [4.78, 5) is 26.6. The SMILES string of the molecule is C=CCN(C)C(=O)c1ccc(-n2nc(C(=O)OCC)cc2-c2ccc3ccccc3c2)cc1. The topological polar surface area (TPSA) is 64.4 Å². The van der Waals surface area contributed by atoms with Crippen LogP contribution in [-0.4, -0.2) is 46.8 Å². The Bertz CT molecular complexity index is 1320. The summed E-state index contributed by atoms with van der Waals surface area (Å²) in [5.41, 5.74) is 3.20. The molecule has 0 saturated heterocycles. The molecule has 1 aromatic heterocycles. The number of nitrogens with zero attached hydrogens (tertiary/aromatic N) is 3. The number of aromatic nitrogens is 2. The molecule has 0 bridgehead atoms. The van der Waals surface area contributed by atoms with Crippen LogP contribution in [0.1, 0.15) is 27.8 Å². The number of fused-ring (bicyclic) bond motifs is 1. The first-order valence-corrected chi connectivity index (χ1v) is 10.7. The highest BCUT2D eigenvalue weighted by Gasteiger charge is 2.18. The van der Waals surface area contributed by atoms with Crippen LogP contribution in [0.25, 0.3) is 27.7 Å². The molecule has 0 N–H and O–H groups in total. The maximum atomic E-state index is 12.6. The van der Waals surface area contributed by atoms with Crippen LogP contribution < -0.4 is 0 Å². The molecule has 0 spiro atoms. The molecule has 0 atom stereocenters. The number of carbonyl (C=O) groups is 2. The molecule has 166 valence electrons. The Morgan fingerprint density at radius 3 is 2.45 bits per heavy atom. The number of ether oxygens (including phenoxy) is 1. The van der Waals surface area contributed by atoms with Gasteiger partial charge in [0.25, 0.3) is 5.91 Å². The molecular formula is C27H25N3O3. The van der Waals surface area contributed by atoms with Crippen molar-refractivity contribution in [1.82, 2.24) is 14.7 Å². The lowest BCUT2D eigenvalue weighted by Gasteiger charge is -2.15. The van der Waals surface area contributed by atoms with E-state index in [0.29, 0.717) is 12.1 Å². The Morgan fingerprint density at radius 2 is 1.76 bits per heavy atom. The largest absolute Gasteiger partial charge is 0.461 e. The van der Waals surface area contributed by atoms with Crippen LogP contribution in [0.4, 0.5) is 0 Å². The molecule has 6 heteroatoms. The molecule has 0 radical (unpaired) electrons. The van der Waals surface area contributed by atoms with Gasteiger partial charge in [-0.25, -0.2) is 9.48 Å². The lowest BCUT2D eigenvalue weighted by Crippen LogP contribution is -2.26. The fourth-order valence-electron chi connectivity index (χ4n) is 3.68. The van der Waals surface area contributed by atoms with E-state index < -0.39 is 5.97 Å². The first-order valence-electron chi connectivity index (χ1n) is 10.7. The predicted molar refractivity (Wildman–Crippen MR) is 130 cm³/mol. The van der Waals surface area contributed by atoms with Crippen LogP contribution in [0.15, 0.2) is 85.5 Å². The van der Waals surface area contributed by atoms with Crippen molar-refractivity contribution in [3.05, 3.63) is 96.7 Å². The molecule has 6 nitrogen and oxygen atoms in total. The second-order valence-electron chi connectivity index (χ2n) is 7.63. The Hall–Kier alpha value is -4.19. The van der Waals surface area contributed by atoms with Gasteiger partial charge in [0.05, 0.1) is 18.0 Å². The second kappa shape index (κ2) is 9.53. The molecular weight excluding hydrogens is 414 g/mol. The van der Waals surface area contributed by atoms with Gasteiger partial charge in [-0.2, -0.15) is 5.10 Å². The van der Waals surface area contributed by atoms with Crippen LogP contribution in [0.2, 0.25) is 0 Å². The predicted octanol–water partition coefficient (Wildman–Crippen LogP) is 5.13. The number of esters is 1. The van der Waals surface area contributed by atoms with Crippen LogP contribution in [-0.2, 0) is 4.74 Å². The second-order valence-corrected chi connectivity index (χ2v) is 7.63. The third-order valence-electron chi connectivity index (χ3n) is 5.35. The number of amides is 1. The van der Waals surface area contributed by atoms with Gasteiger partial charge in [0.2, 0.25) is 0 Å². The molecule has 3 aromatic carbocycles. The molecule has 0 aliphatic rings. The third-order valence-corrected chi connectivity index (χ3v) is 5.35. The monoisotopic (exact) mass is 439 g/mol. The normalized spacial score (nSPS) is 10.7. The van der Waals surface area contributed by atoms with Crippen LogP contribution in [0.5, 0.6) is 0 Å². The van der Waals surface area contributed by atoms with E-state index in [9.17, 15) is 9.59 Å². The van der Waals surface area contributed by atoms with E-state index in [0.717, 1.165) is 27.7 Å². The number of benzene rings is 3. The number of hydrogen-bond donors (Lipinski definition) is 0. The van der Waals surface area contributed by atoms with E-state index in [-0.39, 0.29) is 18.2 Å². The average Bonchev–Trinajstić information content (AvgIpc) is 3.29. The lowest BCUT2D eigenvalue weighted by molar-refractivity contribution is 0.0518. The molecule has 1 amide bonds. The molecule has 0 fully saturated rings. The van der Waals surface area contributed by atoms with E-state index in [2.05, 4.69) is 23.8 Å². The molecule has 0 saturated carbocycles. The van der Waals surface area contributed by atoms with Crippen molar-refractivity contribution in [3.8, 4) is 16.9 Å². The lowest BCUT2D eigenvalue weighted by atomic mass is 10.0. The summed E-state index contributed by atoms with van der Waals surface area (Å²) in [5.74, 6) is -0.569. The van der Waals surface area contributed by atoms with Crippen LogP contribution >= 0.6 is 0 Å². The number of likely N-dealkylation sites (N-methyl/N-ethyl adjacent to an activating group) is 1. The zero-order valence-corrected chi connectivity index (χ0v) is 18.7. The van der Waals surface area contributed by atoms with Gasteiger partial charge in [0, 0.05) is 24.7 Å². The van der Waals surface area contributed by atoms with Gasteiger partial charge >= 0.3 is 5.97 Å². The van der Waals surface area contributed by atoms with Crippen LogP contribution in [0.3, 0.4) is 0 Å². The van der Waals surface area contributed by atoms with E-state index >= 15 is 0 Å². The average molecular weight is 440 g/mol. The highest BCUT2D eigenvalue weighted by Crippen LogP contribution is 2.28. The molecule has 0 aliphatic heterocycles. The summed E-state index contributed by atoms with van der Waals surface area (Å²) >= 11 is 0. The van der Waals surface area contributed by atoms with Crippen LogP contribution in [0, 0.1) is 0 Å². The van der Waals surface area contributed by atoms with Crippen molar-refractivity contribution in [2.75, 3.05) is 20.2 Å². The zero-order chi connectivity index (χ0) is 23.4. The van der Waals surface area contributed by atoms with Crippen molar-refractivity contribution in [2.45, 2.75) is 6.92 Å². The number of carbonyl (C=O) groups excluding carboxylic acids is 2. The van der Waals surface area contributed by atoms with Gasteiger partial charge in [-0.1, -0.05) is 42.5 Å². The summed E-state index contributed by atoms with van der Waals surface area (Å²) in [6, 6.07) is 23.1. The van der Waals surface area contributed by atoms with E-state index in [1.54, 1.807) is 47.8 Å². The minimum absolute atomic E-state index is 0.0936. The highest BCUT2D eigenvalue weighted by molar-refractivity contribution is 5.94. The van der Waals surface area contributed by atoms with Crippen molar-refractivity contribution in [2.24, 2.45) is 0 Å². The van der Waals surface area contributed by atoms with E-state index in [1.807, 2.05) is 42.5 Å². The molecule has 0 aliphatic carbocycles. The zero-order valence-electron chi connectivity index (χ0n) is 18.7.